The van der Waals surface area contributed by atoms with Crippen LogP contribution in [0.15, 0.2) is 72.8 Å². The van der Waals surface area contributed by atoms with Gasteiger partial charge in [-0.05, 0) is 54.4 Å². The van der Waals surface area contributed by atoms with Crippen LogP contribution in [0, 0.1) is 12.8 Å². The molecule has 0 bridgehead atoms. The molecule has 2 fully saturated rings. The molecule has 0 radical (unpaired) electrons. The van der Waals surface area contributed by atoms with E-state index in [1.54, 1.807) is 42.3 Å². The van der Waals surface area contributed by atoms with E-state index in [9.17, 15) is 9.59 Å². The van der Waals surface area contributed by atoms with Crippen LogP contribution in [0.1, 0.15) is 17.2 Å². The van der Waals surface area contributed by atoms with E-state index >= 15 is 0 Å². The molecule has 2 aliphatic rings. The monoisotopic (exact) mass is 452 g/mol. The van der Waals surface area contributed by atoms with Gasteiger partial charge in [0.25, 0.3) is 5.91 Å². The van der Waals surface area contributed by atoms with Gasteiger partial charge in [0.1, 0.15) is 5.92 Å². The van der Waals surface area contributed by atoms with Crippen molar-refractivity contribution in [3.63, 3.8) is 0 Å². The van der Waals surface area contributed by atoms with Crippen molar-refractivity contribution in [2.75, 3.05) is 9.96 Å². The predicted octanol–water partition coefficient (Wildman–Crippen LogP) is 5.35. The van der Waals surface area contributed by atoms with Gasteiger partial charge in [-0.25, -0.2) is 9.96 Å². The maximum absolute atomic E-state index is 13.6. The second kappa shape index (κ2) is 7.68. The fourth-order valence-electron chi connectivity index (χ4n) is 4.32. The molecule has 2 heterocycles. The summed E-state index contributed by atoms with van der Waals surface area (Å²) in [6.45, 7) is 1.79. The Balaban J connectivity index is 1.61. The van der Waals surface area contributed by atoms with Crippen molar-refractivity contribution in [3.05, 3.63) is 94.0 Å². The molecule has 3 aromatic carbocycles. The summed E-state index contributed by atoms with van der Waals surface area (Å²) in [6, 6.07) is 21.4. The Morgan fingerprint density at radius 3 is 2.35 bits per heavy atom. The molecule has 0 spiro atoms. The summed E-state index contributed by atoms with van der Waals surface area (Å²) in [4.78, 5) is 34.3. The fourth-order valence-corrected chi connectivity index (χ4v) is 4.69. The van der Waals surface area contributed by atoms with Crippen LogP contribution in [0.4, 0.5) is 11.4 Å². The first-order valence-corrected chi connectivity index (χ1v) is 10.6. The lowest BCUT2D eigenvalue weighted by atomic mass is 9.90. The second-order valence-electron chi connectivity index (χ2n) is 7.61. The lowest BCUT2D eigenvalue weighted by Crippen LogP contribution is -2.37. The number of rotatable bonds is 3. The molecule has 5 nitrogen and oxygen atoms in total. The maximum atomic E-state index is 13.6. The number of hydrogen-bond donors (Lipinski definition) is 0. The van der Waals surface area contributed by atoms with Crippen molar-refractivity contribution in [1.82, 2.24) is 0 Å². The second-order valence-corrected chi connectivity index (χ2v) is 8.45. The van der Waals surface area contributed by atoms with Gasteiger partial charge in [-0.3, -0.25) is 14.4 Å². The van der Waals surface area contributed by atoms with E-state index in [-0.39, 0.29) is 5.91 Å². The largest absolute Gasteiger partial charge is 0.273 e. The van der Waals surface area contributed by atoms with Crippen molar-refractivity contribution in [2.45, 2.75) is 19.1 Å². The molecule has 7 heteroatoms. The Labute approximate surface area is 189 Å². The summed E-state index contributed by atoms with van der Waals surface area (Å²) in [7, 11) is 0. The van der Waals surface area contributed by atoms with Crippen LogP contribution in [0.3, 0.4) is 0 Å². The highest BCUT2D eigenvalue weighted by Crippen LogP contribution is 2.48. The van der Waals surface area contributed by atoms with Gasteiger partial charge in [0, 0.05) is 10.0 Å². The third-order valence-corrected chi connectivity index (χ3v) is 6.44. The van der Waals surface area contributed by atoms with Gasteiger partial charge < -0.3 is 0 Å². The van der Waals surface area contributed by atoms with Crippen LogP contribution in [0.5, 0.6) is 0 Å². The molecule has 0 aromatic heterocycles. The van der Waals surface area contributed by atoms with Gasteiger partial charge in [0.15, 0.2) is 6.10 Å². The van der Waals surface area contributed by atoms with Crippen LogP contribution < -0.4 is 9.96 Å². The van der Waals surface area contributed by atoms with E-state index in [2.05, 4.69) is 0 Å². The minimum Gasteiger partial charge on any atom is -0.273 e. The van der Waals surface area contributed by atoms with Gasteiger partial charge in [0.2, 0.25) is 5.91 Å². The summed E-state index contributed by atoms with van der Waals surface area (Å²) in [5, 5.41) is 2.69. The Morgan fingerprint density at radius 2 is 1.61 bits per heavy atom. The number of carbonyl (C=O) groups is 2. The number of benzene rings is 3. The molecular weight excluding hydrogens is 435 g/mol. The van der Waals surface area contributed by atoms with Crippen LogP contribution in [-0.4, -0.2) is 17.9 Å². The van der Waals surface area contributed by atoms with E-state index < -0.39 is 24.0 Å². The SMILES string of the molecule is Cc1c(Cl)cccc1N1C(=O)[C@@H]2[C@H](ON(c3ccccc3)[C@H]2c2cccc(Cl)c2)C1=O. The molecule has 0 saturated carbocycles. The number of anilines is 2. The quantitative estimate of drug-likeness (QED) is 0.502. The number of hydrogen-bond acceptors (Lipinski definition) is 4. The summed E-state index contributed by atoms with van der Waals surface area (Å²) in [5.74, 6) is -1.43. The van der Waals surface area contributed by atoms with E-state index in [1.165, 1.54) is 4.90 Å². The zero-order valence-electron chi connectivity index (χ0n) is 16.5. The molecule has 2 amide bonds. The number of nitrogens with zero attached hydrogens (tertiary/aromatic N) is 2. The van der Waals surface area contributed by atoms with Gasteiger partial charge >= 0.3 is 0 Å². The summed E-state index contributed by atoms with van der Waals surface area (Å²) < 4.78 is 0. The minimum atomic E-state index is -0.935. The van der Waals surface area contributed by atoms with E-state index in [0.717, 1.165) is 11.3 Å². The Kier molecular flexibility index (Phi) is 4.97. The minimum absolute atomic E-state index is 0.316. The Bertz CT molecular complexity index is 1180. The van der Waals surface area contributed by atoms with Gasteiger partial charge in [0.05, 0.1) is 17.4 Å². The van der Waals surface area contributed by atoms with Crippen molar-refractivity contribution in [3.8, 4) is 0 Å². The Morgan fingerprint density at radius 1 is 0.871 bits per heavy atom. The van der Waals surface area contributed by atoms with E-state index in [1.807, 2.05) is 42.5 Å². The average Bonchev–Trinajstić information content (AvgIpc) is 3.27. The van der Waals surface area contributed by atoms with Crippen molar-refractivity contribution in [2.24, 2.45) is 5.92 Å². The highest BCUT2D eigenvalue weighted by molar-refractivity contribution is 6.32. The average molecular weight is 453 g/mol. The lowest BCUT2D eigenvalue weighted by molar-refractivity contribution is -0.126. The Hall–Kier alpha value is -2.86. The molecule has 3 atom stereocenters. The molecule has 3 aromatic rings. The number of carbonyl (C=O) groups excluding carboxylic acids is 2. The molecular formula is C24H18Cl2N2O3. The molecule has 0 unspecified atom stereocenters. The first-order chi connectivity index (χ1) is 15.0. The molecule has 5 rings (SSSR count). The lowest BCUT2D eigenvalue weighted by Gasteiger charge is -2.29. The fraction of sp³-hybridized carbons (Fsp3) is 0.167. The number of imide groups is 1. The zero-order chi connectivity index (χ0) is 21.7. The number of hydroxylamine groups is 1. The van der Waals surface area contributed by atoms with Gasteiger partial charge in [-0.1, -0.05) is 59.6 Å². The molecule has 31 heavy (non-hydrogen) atoms. The van der Waals surface area contributed by atoms with Crippen molar-refractivity contribution < 1.29 is 14.4 Å². The standard InChI is InChI=1S/C24H18Cl2N2O3/c1-14-18(26)11-6-12-19(14)27-23(29)20-21(15-7-5-8-16(25)13-15)28(31-22(20)24(27)30)17-9-3-2-4-10-17/h2-13,20-22H,1H3/t20-,21-,22-/m0/s1. The van der Waals surface area contributed by atoms with Crippen LogP contribution in [-0.2, 0) is 14.4 Å². The van der Waals surface area contributed by atoms with Crippen molar-refractivity contribution in [1.29, 1.82) is 0 Å². The highest BCUT2D eigenvalue weighted by atomic mass is 35.5. The highest BCUT2D eigenvalue weighted by Gasteiger charge is 2.60. The number of halogens is 2. The first-order valence-electron chi connectivity index (χ1n) is 9.87. The van der Waals surface area contributed by atoms with E-state index in [0.29, 0.717) is 21.3 Å². The first kappa shape index (κ1) is 20.1. The molecule has 2 aliphatic heterocycles. The van der Waals surface area contributed by atoms with Gasteiger partial charge in [-0.2, -0.15) is 0 Å². The predicted molar refractivity (Wildman–Crippen MR) is 120 cm³/mol. The topological polar surface area (TPSA) is 49.9 Å². The molecule has 0 aliphatic carbocycles. The van der Waals surface area contributed by atoms with Crippen LogP contribution in [0.2, 0.25) is 10.0 Å². The summed E-state index contributed by atoms with van der Waals surface area (Å²) in [6.07, 6.45) is -0.935. The molecule has 0 N–H and O–H groups in total. The van der Waals surface area contributed by atoms with Crippen LogP contribution >= 0.6 is 23.2 Å². The smallest absolute Gasteiger partial charge is 0.266 e. The number of fused-ring (bicyclic) bond motifs is 1. The van der Waals surface area contributed by atoms with Crippen LogP contribution in [0.25, 0.3) is 0 Å². The normalized spacial score (nSPS) is 22.9. The van der Waals surface area contributed by atoms with Crippen molar-refractivity contribution >= 4 is 46.4 Å². The number of para-hydroxylation sites is 1. The summed E-state index contributed by atoms with van der Waals surface area (Å²) >= 11 is 12.5. The third kappa shape index (κ3) is 3.21. The van der Waals surface area contributed by atoms with Gasteiger partial charge in [-0.15, -0.1) is 0 Å². The zero-order valence-corrected chi connectivity index (χ0v) is 18.0. The third-order valence-electron chi connectivity index (χ3n) is 5.80. The molecule has 2 saturated heterocycles. The maximum Gasteiger partial charge on any atom is 0.266 e. The summed E-state index contributed by atoms with van der Waals surface area (Å²) in [5.41, 5.74) is 2.71. The van der Waals surface area contributed by atoms with E-state index in [4.69, 9.17) is 28.0 Å². The molecule has 156 valence electrons. The number of amides is 2.